The van der Waals surface area contributed by atoms with Crippen molar-refractivity contribution >= 4 is 11.6 Å². The highest BCUT2D eigenvalue weighted by atomic mass is 16.6. The second kappa shape index (κ2) is 7.23. The number of hydrogen-bond acceptors (Lipinski definition) is 5. The summed E-state index contributed by atoms with van der Waals surface area (Å²) in [7, 11) is 0. The zero-order valence-corrected chi connectivity index (χ0v) is 12.8. The summed E-state index contributed by atoms with van der Waals surface area (Å²) in [4.78, 5) is 10.3. The van der Waals surface area contributed by atoms with Gasteiger partial charge in [-0.2, -0.15) is 5.10 Å². The molecule has 0 aliphatic carbocycles. The average molecular weight is 321 g/mol. The van der Waals surface area contributed by atoms with Gasteiger partial charge in [0.1, 0.15) is 10.6 Å². The molecule has 3 aromatic rings. The van der Waals surface area contributed by atoms with Gasteiger partial charge in [0.2, 0.25) is 0 Å². The molecule has 1 aromatic heterocycles. The van der Waals surface area contributed by atoms with Gasteiger partial charge in [-0.15, -0.1) is 0 Å². The minimum atomic E-state index is -0.566. The van der Waals surface area contributed by atoms with Crippen LogP contribution in [0.15, 0.2) is 82.3 Å². The lowest BCUT2D eigenvalue weighted by Gasteiger charge is -2.06. The normalized spacial score (nSPS) is 11.2. The van der Waals surface area contributed by atoms with Crippen molar-refractivity contribution in [3.63, 3.8) is 0 Å². The number of furan rings is 1. The molecule has 0 unspecified atom stereocenters. The van der Waals surface area contributed by atoms with E-state index in [4.69, 9.17) is 4.42 Å². The molecule has 0 atom stereocenters. The molecule has 3 rings (SSSR count). The van der Waals surface area contributed by atoms with Gasteiger partial charge in [0.15, 0.2) is 5.76 Å². The Labute approximate surface area is 138 Å². The molecule has 1 N–H and O–H groups in total. The molecule has 0 aliphatic heterocycles. The fourth-order valence-electron chi connectivity index (χ4n) is 2.22. The van der Waals surface area contributed by atoms with E-state index >= 15 is 0 Å². The number of benzene rings is 2. The maximum atomic E-state index is 10.8. The largest absolute Gasteiger partial charge is 0.433 e. The first-order valence-corrected chi connectivity index (χ1v) is 7.38. The van der Waals surface area contributed by atoms with Crippen molar-refractivity contribution in [2.24, 2.45) is 5.10 Å². The summed E-state index contributed by atoms with van der Waals surface area (Å²) in [6.07, 6.45) is 0. The fourth-order valence-corrected chi connectivity index (χ4v) is 2.22. The van der Waals surface area contributed by atoms with E-state index in [2.05, 4.69) is 10.5 Å². The lowest BCUT2D eigenvalue weighted by atomic mass is 10.1. The third kappa shape index (κ3) is 3.67. The molecule has 0 bridgehead atoms. The number of nitro groups is 1. The summed E-state index contributed by atoms with van der Waals surface area (Å²) in [6.45, 7) is 0.542. The number of nitrogens with one attached hydrogen (secondary N) is 1. The van der Waals surface area contributed by atoms with Crippen molar-refractivity contribution in [1.29, 1.82) is 0 Å². The minimum Gasteiger partial charge on any atom is -0.399 e. The van der Waals surface area contributed by atoms with Crippen molar-refractivity contribution in [2.45, 2.75) is 6.54 Å². The maximum Gasteiger partial charge on any atom is 0.433 e. The number of rotatable bonds is 6. The van der Waals surface area contributed by atoms with Crippen LogP contribution in [0.25, 0.3) is 0 Å². The van der Waals surface area contributed by atoms with Gasteiger partial charge in [0.25, 0.3) is 0 Å². The van der Waals surface area contributed by atoms with Gasteiger partial charge in [-0.05, 0) is 11.6 Å². The highest BCUT2D eigenvalue weighted by Gasteiger charge is 2.17. The Morgan fingerprint density at radius 1 is 1.00 bits per heavy atom. The van der Waals surface area contributed by atoms with Crippen molar-refractivity contribution in [1.82, 2.24) is 5.43 Å². The zero-order valence-electron chi connectivity index (χ0n) is 12.8. The minimum absolute atomic E-state index is 0.309. The van der Waals surface area contributed by atoms with Crippen LogP contribution in [0.1, 0.15) is 16.9 Å². The molecule has 0 saturated carbocycles. The Hall–Kier alpha value is -3.41. The zero-order chi connectivity index (χ0) is 16.8. The Balaban J connectivity index is 1.87. The van der Waals surface area contributed by atoms with Crippen LogP contribution in [0.5, 0.6) is 0 Å². The highest BCUT2D eigenvalue weighted by Crippen LogP contribution is 2.19. The van der Waals surface area contributed by atoms with E-state index in [0.717, 1.165) is 11.1 Å². The van der Waals surface area contributed by atoms with E-state index in [1.54, 1.807) is 6.07 Å². The van der Waals surface area contributed by atoms with Gasteiger partial charge in [-0.1, -0.05) is 60.7 Å². The van der Waals surface area contributed by atoms with E-state index in [-0.39, 0.29) is 5.88 Å². The second-order valence-corrected chi connectivity index (χ2v) is 5.04. The van der Waals surface area contributed by atoms with E-state index < -0.39 is 4.92 Å². The highest BCUT2D eigenvalue weighted by molar-refractivity contribution is 6.11. The molecule has 0 amide bonds. The molecule has 1 heterocycles. The van der Waals surface area contributed by atoms with E-state index in [0.29, 0.717) is 18.0 Å². The van der Waals surface area contributed by atoms with Gasteiger partial charge < -0.3 is 9.84 Å². The van der Waals surface area contributed by atoms with Crippen LogP contribution in [0.3, 0.4) is 0 Å². The Bertz CT molecular complexity index is 842. The number of hydrazone groups is 1. The maximum absolute atomic E-state index is 10.8. The van der Waals surface area contributed by atoms with Gasteiger partial charge >= 0.3 is 5.88 Å². The molecule has 120 valence electrons. The first-order valence-electron chi connectivity index (χ1n) is 7.38. The first kappa shape index (κ1) is 15.5. The SMILES string of the molecule is O=[N+]([O-])c1ccc(/C(=N/NCc2ccccc2)c2ccccc2)o1. The van der Waals surface area contributed by atoms with Crippen LogP contribution in [0, 0.1) is 10.1 Å². The quantitative estimate of drug-likeness (QED) is 0.426. The number of nitrogens with zero attached hydrogens (tertiary/aromatic N) is 2. The second-order valence-electron chi connectivity index (χ2n) is 5.04. The Morgan fingerprint density at radius 3 is 2.29 bits per heavy atom. The van der Waals surface area contributed by atoms with Crippen LogP contribution in [0.2, 0.25) is 0 Å². The average Bonchev–Trinajstić information content (AvgIpc) is 3.10. The third-order valence-electron chi connectivity index (χ3n) is 3.37. The van der Waals surface area contributed by atoms with Crippen LogP contribution >= 0.6 is 0 Å². The summed E-state index contributed by atoms with van der Waals surface area (Å²) >= 11 is 0. The summed E-state index contributed by atoms with van der Waals surface area (Å²) in [5.74, 6) is 0.0325. The van der Waals surface area contributed by atoms with Crippen molar-refractivity contribution in [2.75, 3.05) is 0 Å². The monoisotopic (exact) mass is 321 g/mol. The van der Waals surface area contributed by atoms with Crippen molar-refractivity contribution < 1.29 is 9.34 Å². The fraction of sp³-hybridized carbons (Fsp3) is 0.0556. The van der Waals surface area contributed by atoms with Crippen LogP contribution in [0.4, 0.5) is 5.88 Å². The molecule has 0 aliphatic rings. The smallest absolute Gasteiger partial charge is 0.399 e. The van der Waals surface area contributed by atoms with Gasteiger partial charge in [0, 0.05) is 5.56 Å². The predicted molar refractivity (Wildman–Crippen MR) is 90.7 cm³/mol. The molecule has 6 heteroatoms. The van der Waals surface area contributed by atoms with Crippen molar-refractivity contribution in [3.05, 3.63) is 99.8 Å². The van der Waals surface area contributed by atoms with Gasteiger partial charge in [0.05, 0.1) is 12.6 Å². The van der Waals surface area contributed by atoms with Crippen LogP contribution in [-0.2, 0) is 6.54 Å². The van der Waals surface area contributed by atoms with Crippen molar-refractivity contribution in [3.8, 4) is 0 Å². The molecule has 0 radical (unpaired) electrons. The van der Waals surface area contributed by atoms with E-state index in [1.807, 2.05) is 60.7 Å². The molecule has 0 saturated heterocycles. The van der Waals surface area contributed by atoms with E-state index in [1.165, 1.54) is 6.07 Å². The standard InChI is InChI=1S/C18H15N3O3/c22-21(23)17-12-11-16(24-17)18(15-9-5-2-6-10-15)20-19-13-14-7-3-1-4-8-14/h1-12,19H,13H2/b20-18+. The van der Waals surface area contributed by atoms with E-state index in [9.17, 15) is 10.1 Å². The molecule has 2 aromatic carbocycles. The lowest BCUT2D eigenvalue weighted by molar-refractivity contribution is -0.402. The Kier molecular flexibility index (Phi) is 4.67. The molecule has 24 heavy (non-hydrogen) atoms. The summed E-state index contributed by atoms with van der Waals surface area (Å²) in [5.41, 5.74) is 5.40. The van der Waals surface area contributed by atoms with Crippen LogP contribution in [-0.4, -0.2) is 10.6 Å². The lowest BCUT2D eigenvalue weighted by Crippen LogP contribution is -2.12. The molecular weight excluding hydrogens is 306 g/mol. The Morgan fingerprint density at radius 2 is 1.67 bits per heavy atom. The molecule has 6 nitrogen and oxygen atoms in total. The topological polar surface area (TPSA) is 80.7 Å². The summed E-state index contributed by atoms with van der Waals surface area (Å²) < 4.78 is 5.29. The summed E-state index contributed by atoms with van der Waals surface area (Å²) in [5, 5.41) is 15.2. The van der Waals surface area contributed by atoms with Gasteiger partial charge in [-0.3, -0.25) is 10.1 Å². The molecule has 0 spiro atoms. The molecular formula is C18H15N3O3. The number of hydrogen-bond donors (Lipinski definition) is 1. The summed E-state index contributed by atoms with van der Waals surface area (Å²) in [6, 6.07) is 22.1. The predicted octanol–water partition coefficient (Wildman–Crippen LogP) is 3.73. The van der Waals surface area contributed by atoms with Crippen LogP contribution < -0.4 is 5.43 Å². The molecule has 0 fully saturated rings. The van der Waals surface area contributed by atoms with Gasteiger partial charge in [-0.25, -0.2) is 0 Å². The third-order valence-corrected chi connectivity index (χ3v) is 3.37. The first-order chi connectivity index (χ1) is 11.7.